The number of carbonyl (C=O) groups is 3. The average molecular weight is 400 g/mol. The lowest BCUT2D eigenvalue weighted by Crippen LogP contribution is -2.46. The highest BCUT2D eigenvalue weighted by molar-refractivity contribution is 6.09. The van der Waals surface area contributed by atoms with Crippen molar-refractivity contribution in [3.05, 3.63) is 35.9 Å². The third-order valence-electron chi connectivity index (χ3n) is 7.04. The van der Waals surface area contributed by atoms with Gasteiger partial charge in [0.1, 0.15) is 12.1 Å². The number of rotatable bonds is 6. The Hall–Kier alpha value is -2.37. The molecule has 1 heterocycles. The molecule has 6 nitrogen and oxygen atoms in total. The maximum absolute atomic E-state index is 12.9. The zero-order chi connectivity index (χ0) is 21.2. The number of hydrogen-bond donors (Lipinski definition) is 2. The Labute approximate surface area is 173 Å². The van der Waals surface area contributed by atoms with E-state index in [1.165, 1.54) is 0 Å². The number of nitrogens with zero attached hydrogens (tertiary/aromatic N) is 1. The Morgan fingerprint density at radius 1 is 1.17 bits per heavy atom. The molecule has 1 aromatic carbocycles. The number of urea groups is 1. The van der Waals surface area contributed by atoms with E-state index in [2.05, 4.69) is 31.4 Å². The van der Waals surface area contributed by atoms with Crippen molar-refractivity contribution in [1.82, 2.24) is 15.5 Å². The van der Waals surface area contributed by atoms with Crippen molar-refractivity contribution in [3.63, 3.8) is 0 Å². The highest BCUT2D eigenvalue weighted by atomic mass is 16.2. The first-order chi connectivity index (χ1) is 13.7. The molecule has 3 rings (SSSR count). The van der Waals surface area contributed by atoms with Crippen LogP contribution in [0.1, 0.15) is 65.4 Å². The second-order valence-corrected chi connectivity index (χ2v) is 9.27. The minimum Gasteiger partial charge on any atom is -0.352 e. The van der Waals surface area contributed by atoms with Gasteiger partial charge in [0.05, 0.1) is 0 Å². The summed E-state index contributed by atoms with van der Waals surface area (Å²) in [5, 5.41) is 5.77. The molecule has 1 aliphatic carbocycles. The first-order valence-corrected chi connectivity index (χ1v) is 10.7. The van der Waals surface area contributed by atoms with Gasteiger partial charge >= 0.3 is 6.03 Å². The van der Waals surface area contributed by atoms with E-state index in [1.54, 1.807) is 19.1 Å². The van der Waals surface area contributed by atoms with E-state index in [-0.39, 0.29) is 18.5 Å². The molecular formula is C23H33N3O3. The summed E-state index contributed by atoms with van der Waals surface area (Å²) in [6.07, 6.45) is 5.24. The second-order valence-electron chi connectivity index (χ2n) is 9.27. The lowest BCUT2D eigenvalue weighted by molar-refractivity contribution is -0.135. The Morgan fingerprint density at radius 2 is 1.79 bits per heavy atom. The smallest absolute Gasteiger partial charge is 0.325 e. The van der Waals surface area contributed by atoms with Crippen LogP contribution >= 0.6 is 0 Å². The third kappa shape index (κ3) is 4.31. The lowest BCUT2D eigenvalue weighted by atomic mass is 9.69. The molecule has 1 aliphatic heterocycles. The van der Waals surface area contributed by atoms with E-state index in [0.717, 1.165) is 37.0 Å². The van der Waals surface area contributed by atoms with Crippen molar-refractivity contribution >= 4 is 17.8 Å². The molecule has 1 unspecified atom stereocenters. The van der Waals surface area contributed by atoms with Gasteiger partial charge in [-0.25, -0.2) is 4.79 Å². The lowest BCUT2D eigenvalue weighted by Gasteiger charge is -2.39. The van der Waals surface area contributed by atoms with Crippen molar-refractivity contribution in [2.75, 3.05) is 6.54 Å². The summed E-state index contributed by atoms with van der Waals surface area (Å²) in [6, 6.07) is 8.71. The molecule has 2 fully saturated rings. The van der Waals surface area contributed by atoms with Gasteiger partial charge in [-0.15, -0.1) is 0 Å². The molecule has 2 N–H and O–H groups in total. The molecule has 1 atom stereocenters. The number of hydrogen-bond acceptors (Lipinski definition) is 3. The van der Waals surface area contributed by atoms with Gasteiger partial charge in [0.2, 0.25) is 5.91 Å². The van der Waals surface area contributed by atoms with Crippen LogP contribution in [0, 0.1) is 11.3 Å². The van der Waals surface area contributed by atoms with Crippen LogP contribution in [0.3, 0.4) is 0 Å². The van der Waals surface area contributed by atoms with Gasteiger partial charge in [-0.1, -0.05) is 57.5 Å². The molecule has 0 aromatic heterocycles. The van der Waals surface area contributed by atoms with Gasteiger partial charge in [-0.05, 0) is 49.5 Å². The zero-order valence-electron chi connectivity index (χ0n) is 18.0. The van der Waals surface area contributed by atoms with Gasteiger partial charge in [0.25, 0.3) is 5.91 Å². The van der Waals surface area contributed by atoms with Crippen LogP contribution in [0.25, 0.3) is 0 Å². The third-order valence-corrected chi connectivity index (χ3v) is 7.04. The fourth-order valence-electron chi connectivity index (χ4n) is 4.53. The Morgan fingerprint density at radius 3 is 2.38 bits per heavy atom. The number of carbonyl (C=O) groups excluding carboxylic acids is 3. The molecule has 0 bridgehead atoms. The normalized spacial score (nSPS) is 27.7. The molecular weight excluding hydrogens is 366 g/mol. The monoisotopic (exact) mass is 399 g/mol. The molecule has 1 saturated carbocycles. The molecule has 6 heteroatoms. The van der Waals surface area contributed by atoms with Crippen LogP contribution in [0.15, 0.2) is 30.3 Å². The molecule has 2 aliphatic rings. The summed E-state index contributed by atoms with van der Waals surface area (Å²) in [6.45, 7) is 8.30. The minimum absolute atomic E-state index is 0.118. The van der Waals surface area contributed by atoms with E-state index >= 15 is 0 Å². The van der Waals surface area contributed by atoms with Crippen LogP contribution < -0.4 is 10.6 Å². The van der Waals surface area contributed by atoms with Gasteiger partial charge < -0.3 is 10.6 Å². The molecule has 0 radical (unpaired) electrons. The van der Waals surface area contributed by atoms with Crippen LogP contribution in [0.4, 0.5) is 4.79 Å². The largest absolute Gasteiger partial charge is 0.352 e. The van der Waals surface area contributed by atoms with Gasteiger partial charge in [-0.3, -0.25) is 14.5 Å². The average Bonchev–Trinajstić information content (AvgIpc) is 2.93. The van der Waals surface area contributed by atoms with E-state index < -0.39 is 17.5 Å². The van der Waals surface area contributed by atoms with Gasteiger partial charge in [0.15, 0.2) is 0 Å². The fourth-order valence-corrected chi connectivity index (χ4v) is 4.53. The molecule has 1 aromatic rings. The topological polar surface area (TPSA) is 78.5 Å². The zero-order valence-corrected chi connectivity index (χ0v) is 18.0. The second kappa shape index (κ2) is 8.17. The highest BCUT2D eigenvalue weighted by Crippen LogP contribution is 2.40. The first kappa shape index (κ1) is 21.3. The molecule has 1 saturated heterocycles. The van der Waals surface area contributed by atoms with E-state index in [0.29, 0.717) is 16.9 Å². The summed E-state index contributed by atoms with van der Waals surface area (Å²) in [5.41, 5.74) is -0.0996. The van der Waals surface area contributed by atoms with E-state index in [9.17, 15) is 14.4 Å². The Kier molecular flexibility index (Phi) is 6.01. The summed E-state index contributed by atoms with van der Waals surface area (Å²) >= 11 is 0. The predicted molar refractivity (Wildman–Crippen MR) is 112 cm³/mol. The number of imide groups is 1. The number of amides is 4. The van der Waals surface area contributed by atoms with Crippen molar-refractivity contribution < 1.29 is 14.4 Å². The standard InChI is InChI=1S/C23H33N3O3/c1-5-22(2,3)16-11-13-18(14-12-16)24-19(27)15-26-20(28)23(4,25-21(26)29)17-9-7-6-8-10-17/h6-10,16,18H,5,11-15H2,1-4H3,(H,24,27)(H,25,29). The van der Waals surface area contributed by atoms with Crippen molar-refractivity contribution in [1.29, 1.82) is 0 Å². The van der Waals surface area contributed by atoms with Crippen LogP contribution in [-0.4, -0.2) is 35.3 Å². The van der Waals surface area contributed by atoms with Crippen molar-refractivity contribution in [2.24, 2.45) is 11.3 Å². The highest BCUT2D eigenvalue weighted by Gasteiger charge is 2.49. The molecule has 0 spiro atoms. The van der Waals surface area contributed by atoms with Crippen LogP contribution in [0.5, 0.6) is 0 Å². The molecule has 158 valence electrons. The Bertz CT molecular complexity index is 769. The van der Waals surface area contributed by atoms with Crippen LogP contribution in [-0.2, 0) is 15.1 Å². The summed E-state index contributed by atoms with van der Waals surface area (Å²) in [7, 11) is 0. The molecule has 4 amide bonds. The summed E-state index contributed by atoms with van der Waals surface area (Å²) in [5.74, 6) is 0.0134. The predicted octanol–water partition coefficient (Wildman–Crippen LogP) is 3.56. The fraction of sp³-hybridized carbons (Fsp3) is 0.609. The number of nitrogens with one attached hydrogen (secondary N) is 2. The number of benzene rings is 1. The van der Waals surface area contributed by atoms with Gasteiger partial charge in [0, 0.05) is 6.04 Å². The Balaban J connectivity index is 1.56. The summed E-state index contributed by atoms with van der Waals surface area (Å²) < 4.78 is 0. The molecule has 29 heavy (non-hydrogen) atoms. The van der Waals surface area contributed by atoms with Gasteiger partial charge in [-0.2, -0.15) is 0 Å². The minimum atomic E-state index is -1.14. The van der Waals surface area contributed by atoms with Crippen molar-refractivity contribution in [2.45, 2.75) is 71.4 Å². The maximum Gasteiger partial charge on any atom is 0.325 e. The first-order valence-electron chi connectivity index (χ1n) is 10.7. The summed E-state index contributed by atoms with van der Waals surface area (Å²) in [4.78, 5) is 38.9. The maximum atomic E-state index is 12.9. The van der Waals surface area contributed by atoms with Crippen LogP contribution in [0.2, 0.25) is 0 Å². The quantitative estimate of drug-likeness (QED) is 0.718. The SMILES string of the molecule is CCC(C)(C)C1CCC(NC(=O)CN2C(=O)NC(C)(c3ccccc3)C2=O)CC1. The van der Waals surface area contributed by atoms with E-state index in [4.69, 9.17) is 0 Å². The van der Waals surface area contributed by atoms with Crippen molar-refractivity contribution in [3.8, 4) is 0 Å². The van der Waals surface area contributed by atoms with E-state index in [1.807, 2.05) is 18.2 Å².